The van der Waals surface area contributed by atoms with Gasteiger partial charge in [0.05, 0.1) is 9.35 Å². The van der Waals surface area contributed by atoms with Gasteiger partial charge in [-0.15, -0.1) is 11.3 Å². The first-order valence-corrected chi connectivity index (χ1v) is 13.1. The van der Waals surface area contributed by atoms with E-state index in [2.05, 4.69) is 52.0 Å². The molecule has 1 atom stereocenters. The molecule has 1 aliphatic heterocycles. The van der Waals surface area contributed by atoms with E-state index in [0.29, 0.717) is 17.1 Å². The number of halogens is 1. The Balaban J connectivity index is 1.51. The smallest absolute Gasteiger partial charge is 0.262 e. The maximum Gasteiger partial charge on any atom is 0.262 e. The van der Waals surface area contributed by atoms with E-state index in [9.17, 15) is 9.59 Å². The molecule has 0 spiro atoms. The molecule has 1 N–H and O–H groups in total. The lowest BCUT2D eigenvalue weighted by atomic mass is 9.95. The fourth-order valence-corrected chi connectivity index (χ4v) is 5.11. The lowest BCUT2D eigenvalue weighted by Crippen LogP contribution is -2.48. The van der Waals surface area contributed by atoms with Crippen molar-refractivity contribution in [3.63, 3.8) is 0 Å². The molecule has 34 heavy (non-hydrogen) atoms. The van der Waals surface area contributed by atoms with E-state index in [-0.39, 0.29) is 17.2 Å². The summed E-state index contributed by atoms with van der Waals surface area (Å²) in [7, 11) is 0. The Morgan fingerprint density at radius 2 is 1.71 bits per heavy atom. The summed E-state index contributed by atoms with van der Waals surface area (Å²) < 4.78 is 0.826. The molecule has 0 radical (unpaired) electrons. The van der Waals surface area contributed by atoms with Crippen molar-refractivity contribution in [1.82, 2.24) is 20.2 Å². The van der Waals surface area contributed by atoms with Crippen molar-refractivity contribution in [3.05, 3.63) is 68.6 Å². The van der Waals surface area contributed by atoms with Crippen LogP contribution >= 0.6 is 27.3 Å². The third kappa shape index (κ3) is 5.91. The number of aromatic nitrogens is 2. The fraction of sp³-hybridized carbons (Fsp3) is 0.385. The molecule has 4 rings (SSSR count). The highest BCUT2D eigenvalue weighted by Crippen LogP contribution is 2.29. The number of carbonyl (C=O) groups excluding carboxylic acids is 2. The minimum Gasteiger partial charge on any atom is -0.341 e. The third-order valence-corrected chi connectivity index (χ3v) is 7.78. The van der Waals surface area contributed by atoms with Crippen molar-refractivity contribution in [1.29, 1.82) is 0 Å². The van der Waals surface area contributed by atoms with Crippen LogP contribution in [0, 0.1) is 0 Å². The van der Waals surface area contributed by atoms with Gasteiger partial charge in [0.1, 0.15) is 6.04 Å². The van der Waals surface area contributed by atoms with E-state index in [1.807, 2.05) is 41.3 Å². The van der Waals surface area contributed by atoms with Gasteiger partial charge >= 0.3 is 0 Å². The molecule has 3 aromatic rings. The van der Waals surface area contributed by atoms with Crippen molar-refractivity contribution in [2.24, 2.45) is 0 Å². The van der Waals surface area contributed by atoms with Gasteiger partial charge in [-0.3, -0.25) is 9.59 Å². The van der Waals surface area contributed by atoms with Crippen LogP contribution in [0.4, 0.5) is 0 Å². The van der Waals surface area contributed by atoms with Crippen LogP contribution in [-0.4, -0.2) is 45.8 Å². The molecule has 178 valence electrons. The summed E-state index contributed by atoms with van der Waals surface area (Å²) in [6, 6.07) is 11.1. The van der Waals surface area contributed by atoms with Gasteiger partial charge in [0.25, 0.3) is 5.91 Å². The van der Waals surface area contributed by atoms with Crippen molar-refractivity contribution >= 4 is 39.1 Å². The van der Waals surface area contributed by atoms with Gasteiger partial charge in [-0.05, 0) is 51.9 Å². The van der Waals surface area contributed by atoms with Crippen LogP contribution in [0.1, 0.15) is 53.7 Å². The molecule has 1 aromatic carbocycles. The molecule has 0 aliphatic carbocycles. The Kier molecular flexibility index (Phi) is 7.48. The number of rotatable bonds is 6. The molecule has 1 fully saturated rings. The molecule has 0 bridgehead atoms. The predicted molar refractivity (Wildman–Crippen MR) is 139 cm³/mol. The zero-order chi connectivity index (χ0) is 24.3. The highest BCUT2D eigenvalue weighted by atomic mass is 79.9. The second-order valence-corrected chi connectivity index (χ2v) is 11.6. The highest BCUT2D eigenvalue weighted by Gasteiger charge is 2.29. The van der Waals surface area contributed by atoms with Crippen LogP contribution in [0.3, 0.4) is 0 Å². The lowest BCUT2D eigenvalue weighted by Gasteiger charge is -2.24. The zero-order valence-electron chi connectivity index (χ0n) is 19.7. The number of hydrogen-bond acceptors (Lipinski definition) is 5. The molecular formula is C26H29BrN4O2S. The number of thiophene rings is 1. The van der Waals surface area contributed by atoms with Crippen molar-refractivity contribution in [3.8, 4) is 11.4 Å². The molecule has 6 nitrogen and oxygen atoms in total. The number of benzene rings is 1. The van der Waals surface area contributed by atoms with Gasteiger partial charge in [0, 0.05) is 42.3 Å². The van der Waals surface area contributed by atoms with Crippen molar-refractivity contribution in [2.45, 2.75) is 51.5 Å². The second kappa shape index (κ2) is 10.4. The maximum atomic E-state index is 13.3. The van der Waals surface area contributed by atoms with E-state index in [0.717, 1.165) is 46.4 Å². The summed E-state index contributed by atoms with van der Waals surface area (Å²) in [5, 5.41) is 3.03. The monoisotopic (exact) mass is 540 g/mol. The molecule has 0 saturated carbocycles. The quantitative estimate of drug-likeness (QED) is 0.464. The average molecular weight is 542 g/mol. The Bertz CT molecular complexity index is 1150. The van der Waals surface area contributed by atoms with Gasteiger partial charge in [-0.25, -0.2) is 9.97 Å². The minimum atomic E-state index is -0.611. The van der Waals surface area contributed by atoms with E-state index >= 15 is 0 Å². The van der Waals surface area contributed by atoms with Crippen LogP contribution in [0.5, 0.6) is 0 Å². The number of carbonyl (C=O) groups is 2. The molecule has 1 saturated heterocycles. The Morgan fingerprint density at radius 1 is 1.06 bits per heavy atom. The van der Waals surface area contributed by atoms with Gasteiger partial charge in [-0.1, -0.05) is 45.0 Å². The van der Waals surface area contributed by atoms with Crippen LogP contribution < -0.4 is 5.32 Å². The van der Waals surface area contributed by atoms with Crippen LogP contribution in [0.2, 0.25) is 0 Å². The molecule has 2 amide bonds. The molecule has 2 aromatic heterocycles. The zero-order valence-corrected chi connectivity index (χ0v) is 22.1. The standard InChI is InChI=1S/C26H29BrN4O2S/c1-26(2,3)22-11-10-21(34-22)24(32)30-20(25(33)31-12-4-5-13-31)14-17-6-8-18(9-7-17)23-28-15-19(27)16-29-23/h6-11,15-16,20H,4-5,12-14H2,1-3H3,(H,30,32)/t20-/m0/s1. The number of nitrogens with one attached hydrogen (secondary N) is 1. The van der Waals surface area contributed by atoms with Crippen LogP contribution in [0.15, 0.2) is 53.3 Å². The molecule has 8 heteroatoms. The Morgan fingerprint density at radius 3 is 2.29 bits per heavy atom. The maximum absolute atomic E-state index is 13.3. The number of likely N-dealkylation sites (tertiary alicyclic amines) is 1. The van der Waals surface area contributed by atoms with E-state index in [1.165, 1.54) is 11.3 Å². The molecule has 1 aliphatic rings. The normalized spacial score (nSPS) is 14.8. The summed E-state index contributed by atoms with van der Waals surface area (Å²) in [4.78, 5) is 38.7. The van der Waals surface area contributed by atoms with Gasteiger partial charge in [-0.2, -0.15) is 0 Å². The van der Waals surface area contributed by atoms with Crippen LogP contribution in [0.25, 0.3) is 11.4 Å². The number of amides is 2. The van der Waals surface area contributed by atoms with Crippen LogP contribution in [-0.2, 0) is 16.6 Å². The van der Waals surface area contributed by atoms with E-state index < -0.39 is 6.04 Å². The fourth-order valence-electron chi connectivity index (χ4n) is 3.94. The van der Waals surface area contributed by atoms with Crippen molar-refractivity contribution < 1.29 is 9.59 Å². The second-order valence-electron chi connectivity index (χ2n) is 9.60. The minimum absolute atomic E-state index is 0.0150. The third-order valence-electron chi connectivity index (χ3n) is 5.86. The first kappa shape index (κ1) is 24.5. The molecule has 3 heterocycles. The van der Waals surface area contributed by atoms with Gasteiger partial charge in [0.15, 0.2) is 5.82 Å². The summed E-state index contributed by atoms with van der Waals surface area (Å²) >= 11 is 4.84. The Labute approximate surface area is 212 Å². The van der Waals surface area contributed by atoms with E-state index in [4.69, 9.17) is 0 Å². The largest absolute Gasteiger partial charge is 0.341 e. The first-order chi connectivity index (χ1) is 16.2. The Hall–Kier alpha value is -2.58. The summed E-state index contributed by atoms with van der Waals surface area (Å²) in [5.41, 5.74) is 1.85. The summed E-state index contributed by atoms with van der Waals surface area (Å²) in [6.45, 7) is 7.88. The topological polar surface area (TPSA) is 75.2 Å². The molecular weight excluding hydrogens is 512 g/mol. The molecule has 0 unspecified atom stereocenters. The number of nitrogens with zero attached hydrogens (tertiary/aromatic N) is 3. The summed E-state index contributed by atoms with van der Waals surface area (Å²) in [5.74, 6) is 0.428. The average Bonchev–Trinajstić information content (AvgIpc) is 3.52. The first-order valence-electron chi connectivity index (χ1n) is 11.5. The van der Waals surface area contributed by atoms with Crippen molar-refractivity contribution in [2.75, 3.05) is 13.1 Å². The lowest BCUT2D eigenvalue weighted by molar-refractivity contribution is -0.132. The van der Waals surface area contributed by atoms with Gasteiger partial charge < -0.3 is 10.2 Å². The summed E-state index contributed by atoms with van der Waals surface area (Å²) in [6.07, 6.45) is 5.88. The highest BCUT2D eigenvalue weighted by molar-refractivity contribution is 9.10. The SMILES string of the molecule is CC(C)(C)c1ccc(C(=O)N[C@@H](Cc2ccc(-c3ncc(Br)cn3)cc2)C(=O)N2CCCC2)s1. The number of hydrogen-bond donors (Lipinski definition) is 1. The predicted octanol–water partition coefficient (Wildman–Crippen LogP) is 5.23. The van der Waals surface area contributed by atoms with Gasteiger partial charge in [0.2, 0.25) is 5.91 Å². The van der Waals surface area contributed by atoms with E-state index in [1.54, 1.807) is 12.4 Å².